The van der Waals surface area contributed by atoms with E-state index in [-0.39, 0.29) is 0 Å². The van der Waals surface area contributed by atoms with Crippen molar-refractivity contribution in [3.8, 4) is 0 Å². The molecule has 1 unspecified atom stereocenters. The van der Waals surface area contributed by atoms with E-state index >= 15 is 0 Å². The van der Waals surface area contributed by atoms with Gasteiger partial charge in [-0.15, -0.1) is 0 Å². The summed E-state index contributed by atoms with van der Waals surface area (Å²) in [6.45, 7) is 0.408. The van der Waals surface area contributed by atoms with Crippen LogP contribution in [0.2, 0.25) is 0 Å². The molecule has 0 aromatic heterocycles. The smallest absolute Gasteiger partial charge is 0.126 e. The number of hydrogen-bond acceptors (Lipinski definition) is 1. The predicted molar refractivity (Wildman–Crippen MR) is 55.9 cm³/mol. The normalized spacial score (nSPS) is 18.1. The first-order valence-electron chi connectivity index (χ1n) is 5.25. The zero-order chi connectivity index (χ0) is 9.97. The van der Waals surface area contributed by atoms with Gasteiger partial charge in [0, 0.05) is 0 Å². The van der Waals surface area contributed by atoms with Crippen molar-refractivity contribution >= 4 is 0 Å². The Morgan fingerprint density at radius 1 is 1.29 bits per heavy atom. The fourth-order valence-electron chi connectivity index (χ4n) is 1.71. The van der Waals surface area contributed by atoms with Crippen molar-refractivity contribution in [3.05, 3.63) is 35.4 Å². The monoisotopic (exact) mass is 193 g/mol. The molecule has 76 valence electrons. The van der Waals surface area contributed by atoms with Crippen molar-refractivity contribution in [1.29, 1.82) is 0 Å². The topological polar surface area (TPSA) is 26.0 Å². The van der Waals surface area contributed by atoms with Crippen molar-refractivity contribution in [3.63, 3.8) is 0 Å². The molecule has 1 nitrogen and oxygen atoms in total. The van der Waals surface area contributed by atoms with Gasteiger partial charge in [0.25, 0.3) is 0 Å². The minimum absolute atomic E-state index is 0.408. The summed E-state index contributed by atoms with van der Waals surface area (Å²) in [6.07, 6.45) is 2.11. The third-order valence-electron chi connectivity index (χ3n) is 2.77. The van der Waals surface area contributed by atoms with Gasteiger partial charge in [0.1, 0.15) is 6.17 Å². The van der Waals surface area contributed by atoms with E-state index in [1.807, 2.05) is 12.1 Å². The van der Waals surface area contributed by atoms with Gasteiger partial charge in [0.15, 0.2) is 0 Å². The molecule has 1 saturated carbocycles. The predicted octanol–water partition coefficient (Wildman–Crippen LogP) is 2.92. The molecule has 0 saturated heterocycles. The minimum Gasteiger partial charge on any atom is -0.330 e. The lowest BCUT2D eigenvalue weighted by atomic mass is 10.0. The molecule has 2 heteroatoms. The maximum absolute atomic E-state index is 13.4. The number of hydrogen-bond donors (Lipinski definition) is 1. The van der Waals surface area contributed by atoms with Crippen LogP contribution < -0.4 is 5.73 Å². The van der Waals surface area contributed by atoms with Crippen LogP contribution in [0.25, 0.3) is 0 Å². The van der Waals surface area contributed by atoms with Gasteiger partial charge >= 0.3 is 0 Å². The van der Waals surface area contributed by atoms with Crippen LogP contribution in [0, 0.1) is 0 Å². The highest BCUT2D eigenvalue weighted by atomic mass is 19.1. The van der Waals surface area contributed by atoms with Crippen LogP contribution in [0.1, 0.15) is 42.5 Å². The Morgan fingerprint density at radius 2 is 1.93 bits per heavy atom. The molecule has 0 spiro atoms. The fraction of sp³-hybridized carbons (Fsp3) is 0.500. The lowest BCUT2D eigenvalue weighted by Gasteiger charge is -2.07. The SMILES string of the molecule is NCCC(F)c1ccc(C2CC2)cc1. The van der Waals surface area contributed by atoms with Crippen LogP contribution >= 0.6 is 0 Å². The summed E-state index contributed by atoms with van der Waals surface area (Å²) < 4.78 is 13.4. The summed E-state index contributed by atoms with van der Waals surface area (Å²) in [5.41, 5.74) is 7.43. The van der Waals surface area contributed by atoms with Gasteiger partial charge in [0.2, 0.25) is 0 Å². The largest absolute Gasteiger partial charge is 0.330 e. The van der Waals surface area contributed by atoms with Gasteiger partial charge in [-0.3, -0.25) is 0 Å². The van der Waals surface area contributed by atoms with Gasteiger partial charge in [-0.2, -0.15) is 0 Å². The summed E-state index contributed by atoms with van der Waals surface area (Å²) >= 11 is 0. The molecule has 0 amide bonds. The van der Waals surface area contributed by atoms with E-state index in [9.17, 15) is 4.39 Å². The van der Waals surface area contributed by atoms with Crippen molar-refractivity contribution in [1.82, 2.24) is 0 Å². The van der Waals surface area contributed by atoms with E-state index in [0.29, 0.717) is 13.0 Å². The molecular weight excluding hydrogens is 177 g/mol. The summed E-state index contributed by atoms with van der Waals surface area (Å²) in [5, 5.41) is 0. The molecule has 1 aliphatic carbocycles. The fourth-order valence-corrected chi connectivity index (χ4v) is 1.71. The van der Waals surface area contributed by atoms with Crippen molar-refractivity contribution in [2.24, 2.45) is 5.73 Å². The maximum atomic E-state index is 13.4. The zero-order valence-electron chi connectivity index (χ0n) is 8.25. The van der Waals surface area contributed by atoms with Gasteiger partial charge < -0.3 is 5.73 Å². The highest BCUT2D eigenvalue weighted by Crippen LogP contribution is 2.40. The Labute approximate surface area is 84.1 Å². The second-order valence-corrected chi connectivity index (χ2v) is 3.99. The Bertz CT molecular complexity index is 290. The summed E-state index contributed by atoms with van der Waals surface area (Å²) in [5.74, 6) is 0.747. The molecule has 0 aliphatic heterocycles. The number of halogens is 1. The molecule has 1 aromatic rings. The van der Waals surface area contributed by atoms with E-state index in [2.05, 4.69) is 12.1 Å². The van der Waals surface area contributed by atoms with Crippen LogP contribution in [0.15, 0.2) is 24.3 Å². The second-order valence-electron chi connectivity index (χ2n) is 3.99. The molecule has 14 heavy (non-hydrogen) atoms. The molecule has 2 rings (SSSR count). The quantitative estimate of drug-likeness (QED) is 0.781. The van der Waals surface area contributed by atoms with Crippen molar-refractivity contribution in [2.45, 2.75) is 31.4 Å². The molecule has 0 heterocycles. The van der Waals surface area contributed by atoms with E-state index in [4.69, 9.17) is 5.73 Å². The Balaban J connectivity index is 2.04. The first-order valence-corrected chi connectivity index (χ1v) is 5.25. The van der Waals surface area contributed by atoms with Crippen LogP contribution in [-0.2, 0) is 0 Å². The number of benzene rings is 1. The molecule has 1 aliphatic rings. The first kappa shape index (κ1) is 9.66. The van der Waals surface area contributed by atoms with Gasteiger partial charge in [-0.1, -0.05) is 24.3 Å². The molecule has 1 aromatic carbocycles. The lowest BCUT2D eigenvalue weighted by molar-refractivity contribution is 0.327. The lowest BCUT2D eigenvalue weighted by Crippen LogP contribution is -2.03. The van der Waals surface area contributed by atoms with Crippen LogP contribution in [0.5, 0.6) is 0 Å². The van der Waals surface area contributed by atoms with E-state index in [1.54, 1.807) is 0 Å². The highest BCUT2D eigenvalue weighted by Gasteiger charge is 2.23. The standard InChI is InChI=1S/C12H16FN/c13-12(7-8-14)11-5-3-10(4-6-11)9-1-2-9/h3-6,9,12H,1-2,7-8,14H2. The van der Waals surface area contributed by atoms with Gasteiger partial charge in [-0.05, 0) is 42.9 Å². The average molecular weight is 193 g/mol. The number of rotatable bonds is 4. The minimum atomic E-state index is -0.895. The van der Waals surface area contributed by atoms with E-state index in [0.717, 1.165) is 11.5 Å². The van der Waals surface area contributed by atoms with E-state index < -0.39 is 6.17 Å². The third kappa shape index (κ3) is 2.13. The van der Waals surface area contributed by atoms with Gasteiger partial charge in [-0.25, -0.2) is 4.39 Å². The average Bonchev–Trinajstić information content (AvgIpc) is 3.02. The first-order chi connectivity index (χ1) is 6.81. The number of alkyl halides is 1. The summed E-state index contributed by atoms with van der Waals surface area (Å²) in [6, 6.07) is 7.90. The molecule has 1 fully saturated rings. The molecule has 0 bridgehead atoms. The highest BCUT2D eigenvalue weighted by molar-refractivity contribution is 5.29. The summed E-state index contributed by atoms with van der Waals surface area (Å²) in [7, 11) is 0. The van der Waals surface area contributed by atoms with E-state index in [1.165, 1.54) is 18.4 Å². The van der Waals surface area contributed by atoms with Gasteiger partial charge in [0.05, 0.1) is 0 Å². The molecule has 0 radical (unpaired) electrons. The number of nitrogens with two attached hydrogens (primary N) is 1. The molecule has 2 N–H and O–H groups in total. The summed E-state index contributed by atoms with van der Waals surface area (Å²) in [4.78, 5) is 0. The van der Waals surface area contributed by atoms with Crippen LogP contribution in [-0.4, -0.2) is 6.54 Å². The van der Waals surface area contributed by atoms with Crippen LogP contribution in [0.3, 0.4) is 0 Å². The molecule has 1 atom stereocenters. The Hall–Kier alpha value is -0.890. The van der Waals surface area contributed by atoms with Crippen molar-refractivity contribution < 1.29 is 4.39 Å². The van der Waals surface area contributed by atoms with Crippen LogP contribution in [0.4, 0.5) is 4.39 Å². The third-order valence-corrected chi connectivity index (χ3v) is 2.77. The molecular formula is C12H16FN. The Morgan fingerprint density at radius 3 is 2.43 bits per heavy atom. The second kappa shape index (κ2) is 4.09. The maximum Gasteiger partial charge on any atom is 0.126 e. The Kier molecular flexibility index (Phi) is 2.82. The zero-order valence-corrected chi connectivity index (χ0v) is 8.25. The van der Waals surface area contributed by atoms with Crippen molar-refractivity contribution in [2.75, 3.05) is 6.54 Å².